The minimum absolute atomic E-state index is 0.0431. The predicted octanol–water partition coefficient (Wildman–Crippen LogP) is 12.3. The molecule has 0 spiro atoms. The van der Waals surface area contributed by atoms with Crippen molar-refractivity contribution in [2.24, 2.45) is 5.92 Å². The van der Waals surface area contributed by atoms with Crippen LogP contribution in [0.5, 0.6) is 0 Å². The molecule has 13 rings (SSSR count). The SMILES string of the molecule is CN1C(=O)C2=Cc3c(C4C=C(I)C=CC4F)c(-c4cc(F)ccc4F)c4cc5c6c(cc7c8c6c4c3C3C2=C(C=C(C(C2=CC(F)CC=C2I)C7c2cc(F)ccc2F)C83)C1=O)C(=O)N(C)C5=O. The molecule has 6 nitrogen and oxygen atoms in total. The number of halogens is 8. The molecule has 0 aromatic heterocycles. The van der Waals surface area contributed by atoms with Gasteiger partial charge in [-0.25, -0.2) is 26.3 Å². The molecule has 2 heterocycles. The Labute approximate surface area is 410 Å². The van der Waals surface area contributed by atoms with Crippen molar-refractivity contribution in [1.82, 2.24) is 9.80 Å². The molecule has 0 radical (unpaired) electrons. The van der Waals surface area contributed by atoms with Crippen molar-refractivity contribution in [2.45, 2.75) is 42.4 Å². The molecule has 0 bridgehead atoms. The number of carbonyl (C=O) groups is 4. The summed E-state index contributed by atoms with van der Waals surface area (Å²) in [5.41, 5.74) is 3.31. The van der Waals surface area contributed by atoms with Crippen molar-refractivity contribution >= 4 is 96.4 Å². The minimum atomic E-state index is -1.72. The number of allylic oxidation sites excluding steroid dienone is 9. The largest absolute Gasteiger partial charge is 0.277 e. The summed E-state index contributed by atoms with van der Waals surface area (Å²) in [6, 6.07) is 9.14. The lowest BCUT2D eigenvalue weighted by Gasteiger charge is -2.53. The van der Waals surface area contributed by atoms with E-state index in [1.807, 2.05) is 0 Å². The number of benzene rings is 5. The Morgan fingerprint density at radius 2 is 1.35 bits per heavy atom. The van der Waals surface area contributed by atoms with E-state index in [0.29, 0.717) is 56.9 Å². The number of likely N-dealkylation sites (N-methyl/N-ethyl adjacent to an activating group) is 1. The fraction of sp³-hybridized carbons (Fsp3) is 0.185. The number of amides is 4. The van der Waals surface area contributed by atoms with Crippen LogP contribution in [0.25, 0.3) is 38.7 Å². The van der Waals surface area contributed by atoms with Crippen molar-refractivity contribution in [1.29, 1.82) is 0 Å². The first-order chi connectivity index (χ1) is 32.5. The molecule has 14 heteroatoms. The number of nitrogens with zero attached hydrogens (tertiary/aromatic N) is 2. The van der Waals surface area contributed by atoms with Crippen molar-refractivity contribution in [3.8, 4) is 11.1 Å². The molecule has 0 saturated carbocycles. The number of carbonyl (C=O) groups excluding carboxylic acids is 4. The van der Waals surface area contributed by atoms with E-state index in [4.69, 9.17) is 0 Å². The fourth-order valence-electron chi connectivity index (χ4n) is 12.7. The minimum Gasteiger partial charge on any atom is -0.277 e. The highest BCUT2D eigenvalue weighted by Crippen LogP contribution is 2.69. The molecule has 0 fully saturated rings. The van der Waals surface area contributed by atoms with Gasteiger partial charge in [0.15, 0.2) is 0 Å². The van der Waals surface area contributed by atoms with Crippen LogP contribution in [0, 0.1) is 29.2 Å². The maximum Gasteiger partial charge on any atom is 0.261 e. The summed E-state index contributed by atoms with van der Waals surface area (Å²) in [6.07, 6.45) is 8.00. The third kappa shape index (κ3) is 5.35. The summed E-state index contributed by atoms with van der Waals surface area (Å²) in [7, 11) is 2.66. The molecule has 2 aliphatic heterocycles. The second kappa shape index (κ2) is 14.3. The van der Waals surface area contributed by atoms with E-state index in [1.54, 1.807) is 42.5 Å². The van der Waals surface area contributed by atoms with E-state index in [9.17, 15) is 19.2 Å². The topological polar surface area (TPSA) is 74.8 Å². The van der Waals surface area contributed by atoms with Crippen LogP contribution in [0.2, 0.25) is 0 Å². The van der Waals surface area contributed by atoms with Crippen LogP contribution in [-0.2, 0) is 9.59 Å². The van der Waals surface area contributed by atoms with Gasteiger partial charge in [0.1, 0.15) is 35.6 Å². The molecule has 5 aromatic carbocycles. The van der Waals surface area contributed by atoms with E-state index in [1.165, 1.54) is 26.2 Å². The molecule has 0 saturated heterocycles. The highest BCUT2D eigenvalue weighted by atomic mass is 127. The molecule has 5 aromatic rings. The van der Waals surface area contributed by atoms with E-state index in [2.05, 4.69) is 45.2 Å². The van der Waals surface area contributed by atoms with Gasteiger partial charge in [0.2, 0.25) is 0 Å². The van der Waals surface area contributed by atoms with Gasteiger partial charge in [0, 0.05) is 90.5 Å². The lowest BCUT2D eigenvalue weighted by atomic mass is 9.50. The third-order valence-electron chi connectivity index (χ3n) is 15.3. The van der Waals surface area contributed by atoms with Crippen molar-refractivity contribution in [2.75, 3.05) is 14.1 Å². The van der Waals surface area contributed by atoms with Gasteiger partial charge in [0.25, 0.3) is 23.6 Å². The first kappa shape index (κ1) is 42.2. The Bertz CT molecular complexity index is 3660. The molecule has 8 aliphatic rings. The van der Waals surface area contributed by atoms with Crippen LogP contribution < -0.4 is 0 Å². The molecule has 68 heavy (non-hydrogen) atoms. The number of hydrogen-bond donors (Lipinski definition) is 0. The van der Waals surface area contributed by atoms with E-state index in [-0.39, 0.29) is 61.7 Å². The van der Waals surface area contributed by atoms with Crippen molar-refractivity contribution in [3.05, 3.63) is 188 Å². The second-order valence-electron chi connectivity index (χ2n) is 18.5. The summed E-state index contributed by atoms with van der Waals surface area (Å²) < 4.78 is 99.2. The zero-order valence-electron chi connectivity index (χ0n) is 35.5. The molecule has 0 N–H and O–H groups in total. The highest BCUT2D eigenvalue weighted by Gasteiger charge is 2.57. The van der Waals surface area contributed by atoms with Crippen LogP contribution in [0.15, 0.2) is 120 Å². The second-order valence-corrected chi connectivity index (χ2v) is 20.9. The van der Waals surface area contributed by atoms with Crippen LogP contribution in [0.4, 0.5) is 26.3 Å². The number of imide groups is 2. The molecular weight excluding hydrogens is 1110 g/mol. The summed E-state index contributed by atoms with van der Waals surface area (Å²) in [6.45, 7) is 0. The number of hydrogen-bond acceptors (Lipinski definition) is 4. The summed E-state index contributed by atoms with van der Waals surface area (Å²) in [5, 5.41) is 1.23. The Hall–Kier alpha value is -5.88. The predicted molar refractivity (Wildman–Crippen MR) is 260 cm³/mol. The van der Waals surface area contributed by atoms with E-state index in [0.717, 1.165) is 46.2 Å². The van der Waals surface area contributed by atoms with Crippen molar-refractivity contribution < 1.29 is 45.5 Å². The molecule has 7 atom stereocenters. The third-order valence-corrected chi connectivity index (χ3v) is 17.1. The zero-order chi connectivity index (χ0) is 47.3. The number of rotatable bonds is 4. The zero-order valence-corrected chi connectivity index (χ0v) is 39.8. The van der Waals surface area contributed by atoms with Crippen LogP contribution >= 0.6 is 45.2 Å². The van der Waals surface area contributed by atoms with Gasteiger partial charge in [0.05, 0.1) is 0 Å². The van der Waals surface area contributed by atoms with Gasteiger partial charge < -0.3 is 0 Å². The van der Waals surface area contributed by atoms with Crippen LogP contribution in [0.3, 0.4) is 0 Å². The molecule has 6 aliphatic carbocycles. The Balaban J connectivity index is 1.33. The van der Waals surface area contributed by atoms with Gasteiger partial charge in [-0.3, -0.25) is 29.0 Å². The van der Waals surface area contributed by atoms with Crippen LogP contribution in [-0.4, -0.2) is 59.9 Å². The highest BCUT2D eigenvalue weighted by molar-refractivity contribution is 14.1. The van der Waals surface area contributed by atoms with Crippen molar-refractivity contribution in [3.63, 3.8) is 0 Å². The van der Waals surface area contributed by atoms with Gasteiger partial charge >= 0.3 is 0 Å². The Morgan fingerprint density at radius 1 is 0.647 bits per heavy atom. The van der Waals surface area contributed by atoms with E-state index < -0.39 is 88.8 Å². The smallest absolute Gasteiger partial charge is 0.261 e. The van der Waals surface area contributed by atoms with Gasteiger partial charge in [-0.05, 0) is 184 Å². The van der Waals surface area contributed by atoms with Gasteiger partial charge in [-0.1, -0.05) is 23.8 Å². The summed E-state index contributed by atoms with van der Waals surface area (Å²) >= 11 is 4.16. The Morgan fingerprint density at radius 3 is 2.12 bits per heavy atom. The summed E-state index contributed by atoms with van der Waals surface area (Å²) in [4.78, 5) is 60.7. The maximum atomic E-state index is 17.0. The average Bonchev–Trinajstić information content (AvgIpc) is 3.32. The Kier molecular flexibility index (Phi) is 8.91. The molecule has 7 unspecified atom stereocenters. The maximum absolute atomic E-state index is 17.0. The first-order valence-corrected chi connectivity index (χ1v) is 24.0. The van der Waals surface area contributed by atoms with E-state index >= 15 is 26.3 Å². The van der Waals surface area contributed by atoms with Crippen LogP contribution in [0.1, 0.15) is 84.2 Å². The molecule has 336 valence electrons. The standard InChI is InChI=1S/C54H30F6I2N2O4/c1-63-51(65)31-15-27-39(23-11-19(55)3-7-35(23)58)41(25-14-22(61)6-9-37(25)60)29-17-33-44-34(54(68)64(2)53(33)67)18-30-42(26-13-21(57)5-10-38(26)62)40(24-12-20(56)4-8-36(24)59)28-16-32(52(63)66)43(31)49-45(27)47(29)50(44)48(30)46(28)49/h3-4,6-18,21,25,37,40,42,48,50H,5H2,1-2H3. The molecule has 4 amide bonds. The van der Waals surface area contributed by atoms with Gasteiger partial charge in [-0.2, -0.15) is 0 Å². The molecular formula is C54H30F6I2N2O4. The fourth-order valence-corrected chi connectivity index (χ4v) is 14.0. The lowest BCUT2D eigenvalue weighted by molar-refractivity contribution is -0.138. The average molecular weight is 1140 g/mol. The summed E-state index contributed by atoms with van der Waals surface area (Å²) in [5.74, 6) is -11.0. The number of alkyl halides is 2. The quantitative estimate of drug-likeness (QED) is 0.0778. The normalized spacial score (nSPS) is 26.3. The monoisotopic (exact) mass is 1140 g/mol. The first-order valence-electron chi connectivity index (χ1n) is 21.9. The lowest BCUT2D eigenvalue weighted by Crippen LogP contribution is -2.46. The van der Waals surface area contributed by atoms with Gasteiger partial charge in [-0.15, -0.1) is 0 Å².